The smallest absolute Gasteiger partial charge is 0.259 e. The van der Waals surface area contributed by atoms with E-state index in [0.29, 0.717) is 18.8 Å². The van der Waals surface area contributed by atoms with Crippen LogP contribution in [0.15, 0.2) is 11.2 Å². The molecule has 0 aromatic carbocycles. The van der Waals surface area contributed by atoms with E-state index in [4.69, 9.17) is 5.73 Å². The lowest BCUT2D eigenvalue weighted by molar-refractivity contribution is 0.287. The summed E-state index contributed by atoms with van der Waals surface area (Å²) in [6, 6.07) is -0.218. The number of aromatic nitrogens is 2. The molecule has 110 valence electrons. The highest BCUT2D eigenvalue weighted by atomic mass is 32.2. The quantitative estimate of drug-likeness (QED) is 0.837. The zero-order valence-corrected chi connectivity index (χ0v) is 13.1. The van der Waals surface area contributed by atoms with Crippen LogP contribution in [-0.4, -0.2) is 30.6 Å². The number of sulfonamides is 1. The maximum atomic E-state index is 12.3. The largest absolute Gasteiger partial charge is 0.337 e. The number of hydrogen-bond acceptors (Lipinski definition) is 4. The van der Waals surface area contributed by atoms with Crippen molar-refractivity contribution in [1.29, 1.82) is 0 Å². The molecule has 0 aliphatic rings. The van der Waals surface area contributed by atoms with Crippen molar-refractivity contribution in [2.75, 3.05) is 6.54 Å². The second-order valence-electron chi connectivity index (χ2n) is 5.85. The van der Waals surface area contributed by atoms with Crippen molar-refractivity contribution in [1.82, 2.24) is 14.3 Å². The predicted molar refractivity (Wildman–Crippen MR) is 75.2 cm³/mol. The zero-order valence-electron chi connectivity index (χ0n) is 12.3. The van der Waals surface area contributed by atoms with Gasteiger partial charge in [0.2, 0.25) is 0 Å². The Labute approximate surface area is 115 Å². The summed E-state index contributed by atoms with van der Waals surface area (Å²) >= 11 is 0. The van der Waals surface area contributed by atoms with Crippen molar-refractivity contribution >= 4 is 10.0 Å². The van der Waals surface area contributed by atoms with Crippen LogP contribution in [0.25, 0.3) is 0 Å². The Hall–Kier alpha value is -0.920. The van der Waals surface area contributed by atoms with Crippen LogP contribution in [0.3, 0.4) is 0 Å². The highest BCUT2D eigenvalue weighted by molar-refractivity contribution is 7.89. The second kappa shape index (κ2) is 5.60. The van der Waals surface area contributed by atoms with Crippen molar-refractivity contribution < 1.29 is 8.42 Å². The van der Waals surface area contributed by atoms with E-state index in [9.17, 15) is 8.42 Å². The van der Waals surface area contributed by atoms with Gasteiger partial charge in [-0.3, -0.25) is 0 Å². The molecule has 19 heavy (non-hydrogen) atoms. The van der Waals surface area contributed by atoms with Gasteiger partial charge >= 0.3 is 0 Å². The van der Waals surface area contributed by atoms with E-state index >= 15 is 0 Å². The minimum atomic E-state index is -3.60. The van der Waals surface area contributed by atoms with Crippen LogP contribution in [0.5, 0.6) is 0 Å². The molecule has 1 heterocycles. The molecular formula is C12H24N4O2S. The molecule has 0 saturated heterocycles. The molecule has 6 nitrogen and oxygen atoms in total. The van der Waals surface area contributed by atoms with Crippen LogP contribution in [0.2, 0.25) is 0 Å². The van der Waals surface area contributed by atoms with Crippen molar-refractivity contribution in [2.45, 2.75) is 45.2 Å². The summed E-state index contributed by atoms with van der Waals surface area (Å²) in [5, 5.41) is 0.0544. The van der Waals surface area contributed by atoms with Crippen LogP contribution in [0.4, 0.5) is 0 Å². The molecule has 1 unspecified atom stereocenters. The first-order valence-electron chi connectivity index (χ1n) is 6.30. The second-order valence-corrected chi connectivity index (χ2v) is 7.52. The zero-order chi connectivity index (χ0) is 14.8. The fourth-order valence-corrected chi connectivity index (χ4v) is 3.25. The molecule has 0 spiro atoms. The first-order valence-corrected chi connectivity index (χ1v) is 7.78. The minimum absolute atomic E-state index is 0.0544. The number of nitrogens with two attached hydrogens (primary N) is 1. The van der Waals surface area contributed by atoms with Crippen molar-refractivity contribution in [3.05, 3.63) is 12.0 Å². The Morgan fingerprint density at radius 2 is 2.05 bits per heavy atom. The van der Waals surface area contributed by atoms with Gasteiger partial charge in [0.05, 0.1) is 0 Å². The fourth-order valence-electron chi connectivity index (χ4n) is 1.74. The summed E-state index contributed by atoms with van der Waals surface area (Å²) in [5.41, 5.74) is 5.36. The van der Waals surface area contributed by atoms with Gasteiger partial charge in [0.15, 0.2) is 5.03 Å². The summed E-state index contributed by atoms with van der Waals surface area (Å²) in [4.78, 5) is 4.06. The summed E-state index contributed by atoms with van der Waals surface area (Å²) in [6.45, 7) is 8.16. The van der Waals surface area contributed by atoms with Gasteiger partial charge in [0, 0.05) is 19.3 Å². The average molecular weight is 288 g/mol. The lowest BCUT2D eigenvalue weighted by Gasteiger charge is -2.30. The van der Waals surface area contributed by atoms with Crippen molar-refractivity contribution in [3.63, 3.8) is 0 Å². The van der Waals surface area contributed by atoms with E-state index in [-0.39, 0.29) is 16.5 Å². The molecule has 3 N–H and O–H groups in total. The van der Waals surface area contributed by atoms with Gasteiger partial charge in [-0.2, -0.15) is 0 Å². The maximum Gasteiger partial charge on any atom is 0.259 e. The summed E-state index contributed by atoms with van der Waals surface area (Å²) in [5.74, 6) is 0.659. The number of nitrogens with one attached hydrogen (secondary N) is 1. The van der Waals surface area contributed by atoms with E-state index in [2.05, 4.69) is 9.71 Å². The molecule has 7 heteroatoms. The predicted octanol–water partition coefficient (Wildman–Crippen LogP) is 0.770. The highest BCUT2D eigenvalue weighted by Crippen LogP contribution is 2.23. The fraction of sp³-hybridized carbons (Fsp3) is 0.750. The molecule has 0 radical (unpaired) electrons. The third-order valence-corrected chi connectivity index (χ3v) is 4.50. The standard InChI is InChI=1S/C12H24N4O2S/c1-9-14-11(8-16(9)5)19(17,18)15-10(6-7-13)12(2,3)4/h8,10,15H,6-7,13H2,1-5H3. The first-order chi connectivity index (χ1) is 8.58. The SMILES string of the molecule is Cc1nc(S(=O)(=O)NC(CCN)C(C)(C)C)cn1C. The first kappa shape index (κ1) is 16.1. The van der Waals surface area contributed by atoms with Crippen molar-refractivity contribution in [3.8, 4) is 0 Å². The average Bonchev–Trinajstić information content (AvgIpc) is 2.58. The number of imidazole rings is 1. The summed E-state index contributed by atoms with van der Waals surface area (Å²) in [7, 11) is -1.84. The minimum Gasteiger partial charge on any atom is -0.337 e. The Morgan fingerprint density at radius 1 is 1.47 bits per heavy atom. The van der Waals surface area contributed by atoms with E-state index in [1.54, 1.807) is 18.5 Å². The maximum absolute atomic E-state index is 12.3. The monoisotopic (exact) mass is 288 g/mol. The molecule has 0 saturated carbocycles. The molecule has 0 amide bonds. The van der Waals surface area contributed by atoms with E-state index in [1.807, 2.05) is 20.8 Å². The van der Waals surface area contributed by atoms with E-state index in [0.717, 1.165) is 0 Å². The number of nitrogens with zero attached hydrogens (tertiary/aromatic N) is 2. The molecule has 1 aromatic rings. The lowest BCUT2D eigenvalue weighted by Crippen LogP contribution is -2.44. The van der Waals surface area contributed by atoms with Gasteiger partial charge in [-0.1, -0.05) is 20.8 Å². The van der Waals surface area contributed by atoms with Crippen LogP contribution < -0.4 is 10.5 Å². The molecule has 1 aromatic heterocycles. The number of aryl methyl sites for hydroxylation is 2. The van der Waals surface area contributed by atoms with Gasteiger partial charge in [0.1, 0.15) is 5.82 Å². The third kappa shape index (κ3) is 4.02. The van der Waals surface area contributed by atoms with Crippen LogP contribution >= 0.6 is 0 Å². The Kier molecular flexibility index (Phi) is 4.76. The number of rotatable bonds is 5. The molecular weight excluding hydrogens is 264 g/mol. The Bertz CT molecular complexity index is 509. The lowest BCUT2D eigenvalue weighted by atomic mass is 9.85. The third-order valence-electron chi connectivity index (χ3n) is 3.16. The Balaban J connectivity index is 3.00. The van der Waals surface area contributed by atoms with Crippen LogP contribution in [-0.2, 0) is 17.1 Å². The number of hydrogen-bond donors (Lipinski definition) is 2. The molecule has 0 aliphatic carbocycles. The topological polar surface area (TPSA) is 90.0 Å². The Morgan fingerprint density at radius 3 is 2.42 bits per heavy atom. The van der Waals surface area contributed by atoms with Crippen molar-refractivity contribution in [2.24, 2.45) is 18.2 Å². The molecule has 0 aliphatic heterocycles. The van der Waals surface area contributed by atoms with Gasteiger partial charge in [-0.05, 0) is 25.3 Å². The van der Waals surface area contributed by atoms with Crippen LogP contribution in [0, 0.1) is 12.3 Å². The van der Waals surface area contributed by atoms with E-state index in [1.165, 1.54) is 6.20 Å². The molecule has 1 atom stereocenters. The van der Waals surface area contributed by atoms with Crippen LogP contribution in [0.1, 0.15) is 33.0 Å². The van der Waals surface area contributed by atoms with E-state index < -0.39 is 10.0 Å². The summed E-state index contributed by atoms with van der Waals surface area (Å²) in [6.07, 6.45) is 2.11. The molecule has 1 rings (SSSR count). The molecule has 0 bridgehead atoms. The van der Waals surface area contributed by atoms with Gasteiger partial charge in [-0.15, -0.1) is 0 Å². The van der Waals surface area contributed by atoms with Gasteiger partial charge < -0.3 is 10.3 Å². The van der Waals surface area contributed by atoms with Gasteiger partial charge in [-0.25, -0.2) is 18.1 Å². The highest BCUT2D eigenvalue weighted by Gasteiger charge is 2.30. The normalized spacial score (nSPS) is 14.6. The molecule has 0 fully saturated rings. The van der Waals surface area contributed by atoms with Gasteiger partial charge in [0.25, 0.3) is 10.0 Å². The summed E-state index contributed by atoms with van der Waals surface area (Å²) < 4.78 is 29.0.